The maximum atomic E-state index is 12.4. The summed E-state index contributed by atoms with van der Waals surface area (Å²) in [5.41, 5.74) is 1.49. The second kappa shape index (κ2) is 19.8. The van der Waals surface area contributed by atoms with E-state index >= 15 is 0 Å². The van der Waals surface area contributed by atoms with E-state index in [0.717, 1.165) is 46.4 Å². The van der Waals surface area contributed by atoms with Gasteiger partial charge in [-0.05, 0) is 101 Å². The average molecular weight is 1040 g/mol. The van der Waals surface area contributed by atoms with Crippen molar-refractivity contribution in [2.45, 2.75) is 26.5 Å². The van der Waals surface area contributed by atoms with Crippen LogP contribution < -0.4 is 10.6 Å². The van der Waals surface area contributed by atoms with E-state index in [4.69, 9.17) is 5.26 Å². The third kappa shape index (κ3) is 10.5. The first-order valence-corrected chi connectivity index (χ1v) is 25.5. The zero-order chi connectivity index (χ0) is 50.0. The van der Waals surface area contributed by atoms with Crippen molar-refractivity contribution in [2.75, 3.05) is 10.6 Å². The maximum Gasteiger partial charge on any atom is 0.295 e. The number of aromatic nitrogens is 1. The van der Waals surface area contributed by atoms with E-state index < -0.39 is 40.1 Å². The van der Waals surface area contributed by atoms with Crippen molar-refractivity contribution in [2.24, 2.45) is 20.5 Å². The second-order valence-corrected chi connectivity index (χ2v) is 20.5. The molecule has 352 valence electrons. The number of rotatable bonds is 15. The molecule has 8 aromatic rings. The van der Waals surface area contributed by atoms with Gasteiger partial charge in [0.15, 0.2) is 16.6 Å². The summed E-state index contributed by atoms with van der Waals surface area (Å²) in [6.45, 7) is 1.54. The van der Waals surface area contributed by atoms with Gasteiger partial charge in [-0.3, -0.25) is 13.7 Å². The van der Waals surface area contributed by atoms with Gasteiger partial charge in [-0.25, -0.2) is 10.2 Å². The van der Waals surface area contributed by atoms with Gasteiger partial charge in [0.1, 0.15) is 33.3 Å². The summed E-state index contributed by atoms with van der Waals surface area (Å²) in [4.78, 5) is 3.57. The molecule has 0 aliphatic carbocycles. The summed E-state index contributed by atoms with van der Waals surface area (Å²) in [5, 5.41) is 59.9. The quantitative estimate of drug-likeness (QED) is 0.0183. The Labute approximate surface area is 405 Å². The summed E-state index contributed by atoms with van der Waals surface area (Å²) in [5.74, 6) is -0.0911. The van der Waals surface area contributed by atoms with Crippen LogP contribution in [0.1, 0.15) is 16.7 Å². The average Bonchev–Trinajstić information content (AvgIpc) is 3.68. The maximum absolute atomic E-state index is 12.4. The van der Waals surface area contributed by atoms with Crippen LogP contribution in [0.2, 0.25) is 0 Å². The molecule has 26 heteroatoms. The summed E-state index contributed by atoms with van der Waals surface area (Å²) in [6, 6.07) is 33.9. The van der Waals surface area contributed by atoms with Gasteiger partial charge in [0.2, 0.25) is 0 Å². The Morgan fingerprint density at radius 2 is 1.26 bits per heavy atom. The normalized spacial score (nSPS) is 12.2. The number of hydrogen-bond donors (Lipinski definition) is 6. The lowest BCUT2D eigenvalue weighted by atomic mass is 10.00. The van der Waals surface area contributed by atoms with Crippen LogP contribution in [0.4, 0.5) is 44.4 Å². The van der Waals surface area contributed by atoms with Gasteiger partial charge in [-0.1, -0.05) is 64.9 Å². The SMILES string of the molecule is Cc1c(C#N)c(Nc2ccc(S(=O)(=O)O)cc2)nc(Nc2ccc(S(=O)(=O)O)cc2)c1/N=N/c1sc(/N=N/c2cc(SOOO)c3cccc(S(=O)(=O)O)c3c2)c(-c2ccc3ccccc3c2)c1C#N. The Bertz CT molecular complexity index is 3900. The van der Waals surface area contributed by atoms with E-state index in [1.54, 1.807) is 6.07 Å². The molecule has 0 atom stereocenters. The number of azo groups is 2. The molecule has 0 aliphatic heterocycles. The fourth-order valence-electron chi connectivity index (χ4n) is 7.00. The third-order valence-electron chi connectivity index (χ3n) is 10.2. The number of nitrogens with zero attached hydrogens (tertiary/aromatic N) is 7. The van der Waals surface area contributed by atoms with Crippen molar-refractivity contribution < 1.29 is 53.5 Å². The van der Waals surface area contributed by atoms with Crippen LogP contribution in [0.25, 0.3) is 32.7 Å². The summed E-state index contributed by atoms with van der Waals surface area (Å²) < 4.78 is 105. The minimum atomic E-state index is -4.75. The van der Waals surface area contributed by atoms with Gasteiger partial charge in [0, 0.05) is 32.8 Å². The Balaban J connectivity index is 1.28. The summed E-state index contributed by atoms with van der Waals surface area (Å²) in [7, 11) is -13.8. The highest BCUT2D eigenvalue weighted by Crippen LogP contribution is 2.49. The van der Waals surface area contributed by atoms with Crippen molar-refractivity contribution in [3.8, 4) is 23.3 Å². The molecule has 6 aromatic carbocycles. The summed E-state index contributed by atoms with van der Waals surface area (Å²) in [6.07, 6.45) is 0. The van der Waals surface area contributed by atoms with E-state index in [-0.39, 0.29) is 87.2 Å². The molecular formula is C44H29N9O12S5. The van der Waals surface area contributed by atoms with Gasteiger partial charge >= 0.3 is 0 Å². The molecule has 6 N–H and O–H groups in total. The Morgan fingerprint density at radius 3 is 1.86 bits per heavy atom. The smallest absolute Gasteiger partial charge is 0.295 e. The zero-order valence-electron chi connectivity index (χ0n) is 35.3. The second-order valence-electron chi connectivity index (χ2n) is 14.6. The molecule has 0 amide bonds. The van der Waals surface area contributed by atoms with Crippen LogP contribution in [0.3, 0.4) is 0 Å². The van der Waals surface area contributed by atoms with E-state index in [1.165, 1.54) is 61.5 Å². The first-order valence-electron chi connectivity index (χ1n) is 19.6. The van der Waals surface area contributed by atoms with Crippen LogP contribution in [-0.4, -0.2) is 49.2 Å². The van der Waals surface area contributed by atoms with Gasteiger partial charge < -0.3 is 10.6 Å². The van der Waals surface area contributed by atoms with Crippen molar-refractivity contribution in [3.63, 3.8) is 0 Å². The van der Waals surface area contributed by atoms with Gasteiger partial charge in [0.25, 0.3) is 30.4 Å². The number of benzene rings is 6. The molecule has 21 nitrogen and oxygen atoms in total. The lowest BCUT2D eigenvalue weighted by Gasteiger charge is -2.16. The number of fused-ring (bicyclic) bond motifs is 2. The minimum absolute atomic E-state index is 0.00273. The number of nitrogens with one attached hydrogen (secondary N) is 2. The molecule has 0 saturated carbocycles. The molecule has 0 bridgehead atoms. The molecular weight excluding hydrogens is 1010 g/mol. The number of anilines is 4. The lowest BCUT2D eigenvalue weighted by Crippen LogP contribution is -2.05. The highest BCUT2D eigenvalue weighted by molar-refractivity contribution is 7.94. The van der Waals surface area contributed by atoms with Crippen molar-refractivity contribution >= 4 is 120 Å². The fraction of sp³-hybridized carbons (Fsp3) is 0.0227. The predicted octanol–water partition coefficient (Wildman–Crippen LogP) is 11.7. The van der Waals surface area contributed by atoms with E-state index in [9.17, 15) is 49.4 Å². The molecule has 0 aliphatic rings. The Morgan fingerprint density at radius 1 is 0.643 bits per heavy atom. The predicted molar refractivity (Wildman–Crippen MR) is 258 cm³/mol. The fourth-order valence-corrected chi connectivity index (χ4v) is 10.1. The van der Waals surface area contributed by atoms with Crippen LogP contribution in [0.5, 0.6) is 0 Å². The first kappa shape index (κ1) is 48.9. The standard InChI is InChI=1S/C44H29N9O12S5/c1-24-35(22-45)41(47-28-11-15-31(16-12-28)68(55,56)57)49-42(48-29-13-17-32(18-14-29)69(58,59)60)40(24)51-52-43-36(23-46)39(27-10-9-25-5-2-3-6-26(25)19-27)44(66-43)53-50-30-20-34-33(37(21-30)67-65-64-54)7-4-8-38(34)70(61,62)63/h2-21,54H,1H3,(H2,47,48,49)(H,55,56,57)(H,58,59,60)(H,61,62,63)/b52-51+,53-50+. The summed E-state index contributed by atoms with van der Waals surface area (Å²) >= 11 is 1.41. The molecule has 0 radical (unpaired) electrons. The Hall–Kier alpha value is -7.57. The molecule has 70 heavy (non-hydrogen) atoms. The topological polar surface area (TPSA) is 336 Å². The molecule has 8 rings (SSSR count). The van der Waals surface area contributed by atoms with Crippen LogP contribution in [0, 0.1) is 29.6 Å². The number of nitriles is 2. The van der Waals surface area contributed by atoms with Crippen LogP contribution >= 0.6 is 23.4 Å². The molecule has 0 fully saturated rings. The highest BCUT2D eigenvalue weighted by atomic mass is 32.2. The first-order chi connectivity index (χ1) is 33.4. The minimum Gasteiger partial charge on any atom is -0.339 e. The molecule has 0 spiro atoms. The number of hydrogen-bond acceptors (Lipinski definition) is 20. The van der Waals surface area contributed by atoms with Gasteiger partial charge in [-0.2, -0.15) is 35.8 Å². The highest BCUT2D eigenvalue weighted by Gasteiger charge is 2.24. The van der Waals surface area contributed by atoms with Crippen molar-refractivity contribution in [1.29, 1.82) is 10.5 Å². The van der Waals surface area contributed by atoms with Crippen molar-refractivity contribution in [1.82, 2.24) is 4.98 Å². The van der Waals surface area contributed by atoms with Gasteiger partial charge in [-0.15, -0.1) is 24.8 Å². The zero-order valence-corrected chi connectivity index (χ0v) is 39.4. The molecule has 2 heterocycles. The molecule has 0 unspecified atom stereocenters. The van der Waals surface area contributed by atoms with Gasteiger partial charge in [0.05, 0.1) is 33.1 Å². The monoisotopic (exact) mass is 1040 g/mol. The number of pyridine rings is 1. The third-order valence-corrected chi connectivity index (χ3v) is 14.5. The van der Waals surface area contributed by atoms with E-state index in [2.05, 4.69) is 57.6 Å². The lowest BCUT2D eigenvalue weighted by molar-refractivity contribution is -0.432. The molecule has 0 saturated heterocycles. The van der Waals surface area contributed by atoms with Crippen molar-refractivity contribution in [3.05, 3.63) is 138 Å². The van der Waals surface area contributed by atoms with Crippen LogP contribution in [0.15, 0.2) is 161 Å². The Kier molecular flexibility index (Phi) is 13.8. The van der Waals surface area contributed by atoms with E-state index in [0.29, 0.717) is 17.6 Å². The molecule has 2 aromatic heterocycles. The van der Waals surface area contributed by atoms with Crippen LogP contribution in [-0.2, 0) is 39.7 Å². The largest absolute Gasteiger partial charge is 0.339 e. The van der Waals surface area contributed by atoms with E-state index in [1.807, 2.05) is 36.4 Å². The number of thiophene rings is 1.